The second-order valence-electron chi connectivity index (χ2n) is 4.82. The standard InChI is InChI=1S/C14H21NO3/c1-10(2)7-8-18-12-5-3-11(4-6-12)9-13(15)14(16)17/h3-6,10,13H,7-9,15H2,1-2H3,(H,16,17)/t13-/m0/s1. The molecule has 4 nitrogen and oxygen atoms in total. The summed E-state index contributed by atoms with van der Waals surface area (Å²) < 4.78 is 5.58. The highest BCUT2D eigenvalue weighted by atomic mass is 16.5. The molecule has 0 aliphatic heterocycles. The number of hydrogen-bond acceptors (Lipinski definition) is 3. The van der Waals surface area contributed by atoms with Gasteiger partial charge in [0.15, 0.2) is 0 Å². The third-order valence-electron chi connectivity index (χ3n) is 2.66. The Morgan fingerprint density at radius 3 is 2.44 bits per heavy atom. The maximum Gasteiger partial charge on any atom is 0.320 e. The van der Waals surface area contributed by atoms with Crippen molar-refractivity contribution >= 4 is 5.97 Å². The van der Waals surface area contributed by atoms with Crippen molar-refractivity contribution in [1.29, 1.82) is 0 Å². The summed E-state index contributed by atoms with van der Waals surface area (Å²) in [4.78, 5) is 10.6. The summed E-state index contributed by atoms with van der Waals surface area (Å²) in [5.41, 5.74) is 6.37. The Bertz CT molecular complexity index is 373. The van der Waals surface area contributed by atoms with Gasteiger partial charge in [0.05, 0.1) is 6.61 Å². The minimum Gasteiger partial charge on any atom is -0.494 e. The molecule has 4 heteroatoms. The van der Waals surface area contributed by atoms with Crippen molar-refractivity contribution < 1.29 is 14.6 Å². The lowest BCUT2D eigenvalue weighted by molar-refractivity contribution is -0.138. The number of hydrogen-bond donors (Lipinski definition) is 2. The molecule has 0 radical (unpaired) electrons. The molecule has 1 aromatic carbocycles. The Labute approximate surface area is 108 Å². The molecule has 100 valence electrons. The molecule has 1 rings (SSSR count). The van der Waals surface area contributed by atoms with Gasteiger partial charge in [-0.05, 0) is 36.5 Å². The van der Waals surface area contributed by atoms with Gasteiger partial charge in [-0.1, -0.05) is 26.0 Å². The van der Waals surface area contributed by atoms with Crippen LogP contribution in [0.1, 0.15) is 25.8 Å². The predicted octanol–water partition coefficient (Wildman–Crippen LogP) is 2.07. The monoisotopic (exact) mass is 251 g/mol. The first-order valence-corrected chi connectivity index (χ1v) is 6.19. The van der Waals surface area contributed by atoms with E-state index in [2.05, 4.69) is 13.8 Å². The predicted molar refractivity (Wildman–Crippen MR) is 70.7 cm³/mol. The number of ether oxygens (including phenoxy) is 1. The summed E-state index contributed by atoms with van der Waals surface area (Å²) in [5, 5.41) is 8.72. The molecular weight excluding hydrogens is 230 g/mol. The van der Waals surface area contributed by atoms with Gasteiger partial charge in [-0.15, -0.1) is 0 Å². The van der Waals surface area contributed by atoms with E-state index in [0.717, 1.165) is 17.7 Å². The van der Waals surface area contributed by atoms with Crippen LogP contribution in [0.5, 0.6) is 5.75 Å². The van der Waals surface area contributed by atoms with E-state index in [0.29, 0.717) is 18.9 Å². The van der Waals surface area contributed by atoms with E-state index in [1.165, 1.54) is 0 Å². The van der Waals surface area contributed by atoms with Crippen LogP contribution in [0.2, 0.25) is 0 Å². The van der Waals surface area contributed by atoms with E-state index < -0.39 is 12.0 Å². The van der Waals surface area contributed by atoms with Crippen LogP contribution in [0, 0.1) is 5.92 Å². The smallest absolute Gasteiger partial charge is 0.320 e. The Kier molecular flexibility index (Phi) is 5.65. The van der Waals surface area contributed by atoms with E-state index in [4.69, 9.17) is 15.6 Å². The molecule has 0 spiro atoms. The van der Waals surface area contributed by atoms with Crippen molar-refractivity contribution in [2.45, 2.75) is 32.7 Å². The molecule has 0 saturated heterocycles. The average molecular weight is 251 g/mol. The van der Waals surface area contributed by atoms with Gasteiger partial charge < -0.3 is 15.6 Å². The number of carboxylic acid groups (broad SMARTS) is 1. The van der Waals surface area contributed by atoms with Gasteiger partial charge in [0.2, 0.25) is 0 Å². The van der Waals surface area contributed by atoms with Gasteiger partial charge in [0, 0.05) is 0 Å². The second-order valence-corrected chi connectivity index (χ2v) is 4.82. The molecule has 3 N–H and O–H groups in total. The van der Waals surface area contributed by atoms with Crippen molar-refractivity contribution in [1.82, 2.24) is 0 Å². The van der Waals surface area contributed by atoms with Crippen LogP contribution < -0.4 is 10.5 Å². The van der Waals surface area contributed by atoms with E-state index in [1.54, 1.807) is 0 Å². The first-order chi connectivity index (χ1) is 8.49. The van der Waals surface area contributed by atoms with Gasteiger partial charge >= 0.3 is 5.97 Å². The molecule has 0 amide bonds. The van der Waals surface area contributed by atoms with Crippen LogP contribution in [0.4, 0.5) is 0 Å². The number of benzene rings is 1. The van der Waals surface area contributed by atoms with Crippen LogP contribution in [0.15, 0.2) is 24.3 Å². The quantitative estimate of drug-likeness (QED) is 0.778. The first kappa shape index (κ1) is 14.5. The number of rotatable bonds is 7. The van der Waals surface area contributed by atoms with Gasteiger partial charge in [-0.2, -0.15) is 0 Å². The fourth-order valence-electron chi connectivity index (χ4n) is 1.48. The minimum atomic E-state index is -0.979. The molecule has 1 aromatic rings. The molecule has 0 bridgehead atoms. The van der Waals surface area contributed by atoms with Gasteiger partial charge in [0.1, 0.15) is 11.8 Å². The van der Waals surface area contributed by atoms with Gasteiger partial charge in [-0.3, -0.25) is 4.79 Å². The van der Waals surface area contributed by atoms with Crippen LogP contribution in [0.3, 0.4) is 0 Å². The molecule has 0 fully saturated rings. The Morgan fingerprint density at radius 1 is 1.33 bits per heavy atom. The summed E-state index contributed by atoms with van der Waals surface area (Å²) in [7, 11) is 0. The van der Waals surface area contributed by atoms with Crippen molar-refractivity contribution in [2.24, 2.45) is 11.7 Å². The molecule has 0 aliphatic carbocycles. The number of carbonyl (C=O) groups is 1. The molecule has 18 heavy (non-hydrogen) atoms. The van der Waals surface area contributed by atoms with E-state index in [1.807, 2.05) is 24.3 Å². The highest BCUT2D eigenvalue weighted by Crippen LogP contribution is 2.14. The van der Waals surface area contributed by atoms with Crippen LogP contribution in [-0.4, -0.2) is 23.7 Å². The highest BCUT2D eigenvalue weighted by molar-refractivity contribution is 5.73. The fraction of sp³-hybridized carbons (Fsp3) is 0.500. The third-order valence-corrected chi connectivity index (χ3v) is 2.66. The Balaban J connectivity index is 2.44. The van der Waals surface area contributed by atoms with Crippen LogP contribution >= 0.6 is 0 Å². The molecule has 0 aromatic heterocycles. The number of nitrogens with two attached hydrogens (primary N) is 1. The lowest BCUT2D eigenvalue weighted by Gasteiger charge is -2.10. The third kappa shape index (κ3) is 5.19. The largest absolute Gasteiger partial charge is 0.494 e. The first-order valence-electron chi connectivity index (χ1n) is 6.19. The second kappa shape index (κ2) is 7.01. The maximum atomic E-state index is 10.6. The highest BCUT2D eigenvalue weighted by Gasteiger charge is 2.11. The summed E-state index contributed by atoms with van der Waals surface area (Å²) in [5.74, 6) is 0.452. The normalized spacial score (nSPS) is 12.4. The molecule has 0 aliphatic rings. The number of aliphatic carboxylic acids is 1. The zero-order chi connectivity index (χ0) is 13.5. The Hall–Kier alpha value is -1.55. The van der Waals surface area contributed by atoms with E-state index in [9.17, 15) is 4.79 Å². The van der Waals surface area contributed by atoms with Crippen molar-refractivity contribution in [3.05, 3.63) is 29.8 Å². The molecule has 1 atom stereocenters. The SMILES string of the molecule is CC(C)CCOc1ccc(C[C@H](N)C(=O)O)cc1. The molecule has 0 heterocycles. The number of carboxylic acids is 1. The fourth-order valence-corrected chi connectivity index (χ4v) is 1.48. The van der Waals surface area contributed by atoms with Crippen LogP contribution in [-0.2, 0) is 11.2 Å². The summed E-state index contributed by atoms with van der Waals surface area (Å²) in [6.45, 7) is 5.01. The molecule has 0 saturated carbocycles. The molecule has 0 unspecified atom stereocenters. The van der Waals surface area contributed by atoms with Crippen molar-refractivity contribution in [2.75, 3.05) is 6.61 Å². The van der Waals surface area contributed by atoms with Gasteiger partial charge in [-0.25, -0.2) is 0 Å². The van der Waals surface area contributed by atoms with Crippen LogP contribution in [0.25, 0.3) is 0 Å². The van der Waals surface area contributed by atoms with Gasteiger partial charge in [0.25, 0.3) is 0 Å². The average Bonchev–Trinajstić information content (AvgIpc) is 2.30. The molecular formula is C14H21NO3. The van der Waals surface area contributed by atoms with E-state index >= 15 is 0 Å². The van der Waals surface area contributed by atoms with Crippen molar-refractivity contribution in [3.63, 3.8) is 0 Å². The summed E-state index contributed by atoms with van der Waals surface area (Å²) in [6.07, 6.45) is 1.35. The lowest BCUT2D eigenvalue weighted by atomic mass is 10.1. The topological polar surface area (TPSA) is 72.5 Å². The van der Waals surface area contributed by atoms with E-state index in [-0.39, 0.29) is 0 Å². The summed E-state index contributed by atoms with van der Waals surface area (Å²) in [6, 6.07) is 6.56. The zero-order valence-corrected chi connectivity index (χ0v) is 10.9. The minimum absolute atomic E-state index is 0.335. The zero-order valence-electron chi connectivity index (χ0n) is 10.9. The van der Waals surface area contributed by atoms with Crippen molar-refractivity contribution in [3.8, 4) is 5.75 Å². The summed E-state index contributed by atoms with van der Waals surface area (Å²) >= 11 is 0. The maximum absolute atomic E-state index is 10.6. The Morgan fingerprint density at radius 2 is 1.94 bits per heavy atom. The lowest BCUT2D eigenvalue weighted by Crippen LogP contribution is -2.32.